The van der Waals surface area contributed by atoms with Crippen LogP contribution in [0.2, 0.25) is 0 Å². The quantitative estimate of drug-likeness (QED) is 0.556. The average molecular weight is 178 g/mol. The lowest BCUT2D eigenvalue weighted by atomic mass is 9.74. The molecule has 0 heterocycles. The summed E-state index contributed by atoms with van der Waals surface area (Å²) in [5.41, 5.74) is 0.0560. The number of ketones is 1. The molecular formula is C12H18O. The van der Waals surface area contributed by atoms with Gasteiger partial charge in [0.15, 0.2) is 5.78 Å². The molecule has 72 valence electrons. The van der Waals surface area contributed by atoms with Gasteiger partial charge in [-0.15, -0.1) is 0 Å². The van der Waals surface area contributed by atoms with Crippen LogP contribution in [0, 0.1) is 5.41 Å². The van der Waals surface area contributed by atoms with Gasteiger partial charge in [0.05, 0.1) is 0 Å². The zero-order valence-corrected chi connectivity index (χ0v) is 8.22. The summed E-state index contributed by atoms with van der Waals surface area (Å²) in [7, 11) is 0. The van der Waals surface area contributed by atoms with Gasteiger partial charge in [0, 0.05) is 5.41 Å². The molecule has 1 fully saturated rings. The van der Waals surface area contributed by atoms with E-state index in [0.717, 1.165) is 19.3 Å². The van der Waals surface area contributed by atoms with Crippen molar-refractivity contribution in [3.8, 4) is 0 Å². The van der Waals surface area contributed by atoms with E-state index in [1.54, 1.807) is 0 Å². The van der Waals surface area contributed by atoms with Crippen molar-refractivity contribution in [1.82, 2.24) is 0 Å². The Morgan fingerprint density at radius 3 is 2.15 bits per heavy atom. The van der Waals surface area contributed by atoms with Gasteiger partial charge >= 0.3 is 0 Å². The molecule has 0 N–H and O–H groups in total. The molecule has 13 heavy (non-hydrogen) atoms. The Kier molecular flexibility index (Phi) is 2.52. The van der Waals surface area contributed by atoms with Crippen LogP contribution in [0.3, 0.4) is 0 Å². The van der Waals surface area contributed by atoms with Crippen LogP contribution in [0.25, 0.3) is 0 Å². The summed E-state index contributed by atoms with van der Waals surface area (Å²) in [5.74, 6) is 0.411. The van der Waals surface area contributed by atoms with Crippen LogP contribution in [0.15, 0.2) is 12.2 Å². The number of hydrogen-bond donors (Lipinski definition) is 0. The standard InChI is InChI=1S/C12H18O/c13-11-7-6-10-12(11)8-4-2-1-3-5-9-12/h6-7H,1-5,8-10H2. The minimum atomic E-state index is 0.0560. The molecule has 0 radical (unpaired) electrons. The number of hydrogen-bond acceptors (Lipinski definition) is 1. The lowest BCUT2D eigenvalue weighted by molar-refractivity contribution is -0.123. The second-order valence-corrected chi connectivity index (χ2v) is 4.52. The Bertz CT molecular complexity index is 219. The first-order valence-corrected chi connectivity index (χ1v) is 5.55. The Labute approximate surface area is 80.2 Å². The van der Waals surface area contributed by atoms with E-state index in [4.69, 9.17) is 0 Å². The minimum Gasteiger partial charge on any atom is -0.294 e. The predicted molar refractivity (Wildman–Crippen MR) is 53.5 cm³/mol. The average Bonchev–Trinajstić information content (AvgIpc) is 2.42. The molecule has 0 atom stereocenters. The summed E-state index contributed by atoms with van der Waals surface area (Å²) in [6.45, 7) is 0. The summed E-state index contributed by atoms with van der Waals surface area (Å²) in [5, 5.41) is 0. The van der Waals surface area contributed by atoms with Gasteiger partial charge in [0.1, 0.15) is 0 Å². The van der Waals surface area contributed by atoms with Crippen molar-refractivity contribution >= 4 is 5.78 Å². The molecule has 1 saturated carbocycles. The van der Waals surface area contributed by atoms with Gasteiger partial charge in [-0.2, -0.15) is 0 Å². The lowest BCUT2D eigenvalue weighted by Crippen LogP contribution is -2.27. The van der Waals surface area contributed by atoms with Crippen LogP contribution in [0.4, 0.5) is 0 Å². The first-order chi connectivity index (χ1) is 6.33. The van der Waals surface area contributed by atoms with E-state index in [1.165, 1.54) is 32.1 Å². The second kappa shape index (κ2) is 3.65. The molecule has 2 aliphatic carbocycles. The molecule has 1 spiro atoms. The first-order valence-electron chi connectivity index (χ1n) is 5.55. The number of rotatable bonds is 0. The van der Waals surface area contributed by atoms with Crippen molar-refractivity contribution < 1.29 is 4.79 Å². The largest absolute Gasteiger partial charge is 0.294 e. The van der Waals surface area contributed by atoms with E-state index < -0.39 is 0 Å². The zero-order chi connectivity index (χ0) is 9.15. The van der Waals surface area contributed by atoms with E-state index in [-0.39, 0.29) is 5.41 Å². The maximum Gasteiger partial charge on any atom is 0.161 e. The number of carbonyl (C=O) groups excluding carboxylic acids is 1. The van der Waals surface area contributed by atoms with E-state index in [1.807, 2.05) is 6.08 Å². The lowest BCUT2D eigenvalue weighted by Gasteiger charge is -2.29. The fourth-order valence-corrected chi connectivity index (χ4v) is 2.70. The minimum absolute atomic E-state index is 0.0560. The van der Waals surface area contributed by atoms with E-state index in [0.29, 0.717) is 5.78 Å². The third kappa shape index (κ3) is 1.70. The Hall–Kier alpha value is -0.590. The molecule has 0 amide bonds. The Balaban J connectivity index is 2.06. The molecule has 1 heteroatoms. The van der Waals surface area contributed by atoms with Crippen LogP contribution in [0.1, 0.15) is 51.4 Å². The maximum absolute atomic E-state index is 11.7. The monoisotopic (exact) mass is 178 g/mol. The first kappa shape index (κ1) is 8.98. The molecule has 2 aliphatic rings. The highest BCUT2D eigenvalue weighted by Crippen LogP contribution is 2.41. The molecule has 1 nitrogen and oxygen atoms in total. The fraction of sp³-hybridized carbons (Fsp3) is 0.750. The predicted octanol–water partition coefficient (Wildman–Crippen LogP) is 3.25. The highest BCUT2D eigenvalue weighted by Gasteiger charge is 2.37. The fourth-order valence-electron chi connectivity index (χ4n) is 2.70. The van der Waals surface area contributed by atoms with E-state index >= 15 is 0 Å². The summed E-state index contributed by atoms with van der Waals surface area (Å²) < 4.78 is 0. The maximum atomic E-state index is 11.7. The molecule has 0 unspecified atom stereocenters. The number of allylic oxidation sites excluding steroid dienone is 2. The van der Waals surface area contributed by atoms with Gasteiger partial charge in [-0.05, 0) is 25.3 Å². The van der Waals surface area contributed by atoms with Gasteiger partial charge in [0.2, 0.25) is 0 Å². The van der Waals surface area contributed by atoms with Crippen molar-refractivity contribution in [3.05, 3.63) is 12.2 Å². The van der Waals surface area contributed by atoms with Crippen molar-refractivity contribution in [2.45, 2.75) is 51.4 Å². The van der Waals surface area contributed by atoms with Gasteiger partial charge in [-0.3, -0.25) is 4.79 Å². The summed E-state index contributed by atoms with van der Waals surface area (Å²) >= 11 is 0. The molecule has 0 bridgehead atoms. The third-order valence-corrected chi connectivity index (χ3v) is 3.61. The topological polar surface area (TPSA) is 17.1 Å². The van der Waals surface area contributed by atoms with Gasteiger partial charge < -0.3 is 0 Å². The SMILES string of the molecule is O=C1C=CCC12CCCCCCC2. The van der Waals surface area contributed by atoms with Crippen LogP contribution in [-0.4, -0.2) is 5.78 Å². The highest BCUT2D eigenvalue weighted by atomic mass is 16.1. The van der Waals surface area contributed by atoms with Crippen molar-refractivity contribution in [2.24, 2.45) is 5.41 Å². The van der Waals surface area contributed by atoms with Crippen molar-refractivity contribution in [1.29, 1.82) is 0 Å². The van der Waals surface area contributed by atoms with Gasteiger partial charge in [-0.25, -0.2) is 0 Å². The molecule has 0 aromatic rings. The molecule has 0 aromatic carbocycles. The van der Waals surface area contributed by atoms with Gasteiger partial charge in [-0.1, -0.05) is 38.2 Å². The van der Waals surface area contributed by atoms with E-state index in [2.05, 4.69) is 6.08 Å². The Morgan fingerprint density at radius 2 is 1.62 bits per heavy atom. The third-order valence-electron chi connectivity index (χ3n) is 3.61. The second-order valence-electron chi connectivity index (χ2n) is 4.52. The summed E-state index contributed by atoms with van der Waals surface area (Å²) in [6.07, 6.45) is 13.7. The molecule has 0 aliphatic heterocycles. The van der Waals surface area contributed by atoms with E-state index in [9.17, 15) is 4.79 Å². The molecule has 2 rings (SSSR count). The van der Waals surface area contributed by atoms with Crippen LogP contribution in [0.5, 0.6) is 0 Å². The normalized spacial score (nSPS) is 27.5. The zero-order valence-electron chi connectivity index (χ0n) is 8.22. The van der Waals surface area contributed by atoms with Crippen LogP contribution in [-0.2, 0) is 4.79 Å². The summed E-state index contributed by atoms with van der Waals surface area (Å²) in [4.78, 5) is 11.7. The van der Waals surface area contributed by atoms with Gasteiger partial charge in [0.25, 0.3) is 0 Å². The van der Waals surface area contributed by atoms with Crippen LogP contribution >= 0.6 is 0 Å². The molecule has 0 saturated heterocycles. The highest BCUT2D eigenvalue weighted by molar-refractivity contribution is 5.97. The van der Waals surface area contributed by atoms with Crippen molar-refractivity contribution in [3.63, 3.8) is 0 Å². The summed E-state index contributed by atoms with van der Waals surface area (Å²) in [6, 6.07) is 0. The molecular weight excluding hydrogens is 160 g/mol. The smallest absolute Gasteiger partial charge is 0.161 e. The van der Waals surface area contributed by atoms with Crippen LogP contribution < -0.4 is 0 Å². The molecule has 0 aromatic heterocycles. The Morgan fingerprint density at radius 1 is 1.00 bits per heavy atom. The van der Waals surface area contributed by atoms with Crippen molar-refractivity contribution in [2.75, 3.05) is 0 Å². The number of carbonyl (C=O) groups is 1.